The van der Waals surface area contributed by atoms with E-state index in [-0.39, 0.29) is 35.9 Å². The third-order valence-corrected chi connectivity index (χ3v) is 4.15. The minimum atomic E-state index is 0. The zero-order valence-electron chi connectivity index (χ0n) is 16.0. The van der Waals surface area contributed by atoms with E-state index in [1.54, 1.807) is 0 Å². The predicted octanol–water partition coefficient (Wildman–Crippen LogP) is 2.56. The Morgan fingerprint density at radius 3 is 2.88 bits per heavy atom. The second-order valence-electron chi connectivity index (χ2n) is 6.25. The van der Waals surface area contributed by atoms with Crippen molar-refractivity contribution in [1.29, 1.82) is 0 Å². The minimum Gasteiger partial charge on any atom is -0.492 e. The number of hydrogen-bond acceptors (Lipinski definition) is 3. The van der Waals surface area contributed by atoms with E-state index >= 15 is 0 Å². The van der Waals surface area contributed by atoms with Gasteiger partial charge in [0.05, 0.1) is 6.54 Å². The van der Waals surface area contributed by atoms with E-state index in [1.165, 1.54) is 5.56 Å². The molecule has 0 saturated carbocycles. The molecule has 26 heavy (non-hydrogen) atoms. The molecule has 0 radical (unpaired) electrons. The molecule has 146 valence electrons. The van der Waals surface area contributed by atoms with Crippen LogP contribution in [0.15, 0.2) is 29.3 Å². The summed E-state index contributed by atoms with van der Waals surface area (Å²) >= 11 is 0. The fourth-order valence-corrected chi connectivity index (χ4v) is 2.87. The van der Waals surface area contributed by atoms with Gasteiger partial charge in [-0.1, -0.05) is 19.1 Å². The van der Waals surface area contributed by atoms with Gasteiger partial charge in [-0.2, -0.15) is 0 Å². The molecule has 1 aliphatic heterocycles. The number of aryl methyl sites for hydroxylation is 1. The predicted molar refractivity (Wildman–Crippen MR) is 116 cm³/mol. The molecule has 1 atom stereocenters. The van der Waals surface area contributed by atoms with E-state index in [2.05, 4.69) is 15.6 Å². The highest BCUT2D eigenvalue weighted by Gasteiger charge is 2.25. The Labute approximate surface area is 173 Å². The maximum Gasteiger partial charge on any atom is 0.222 e. The summed E-state index contributed by atoms with van der Waals surface area (Å²) in [5.41, 5.74) is 1.18. The number of amides is 1. The van der Waals surface area contributed by atoms with Crippen LogP contribution in [0.2, 0.25) is 0 Å². The first-order valence-corrected chi connectivity index (χ1v) is 9.14. The van der Waals surface area contributed by atoms with E-state index in [4.69, 9.17) is 4.74 Å². The van der Waals surface area contributed by atoms with Crippen molar-refractivity contribution in [2.75, 3.05) is 32.8 Å². The van der Waals surface area contributed by atoms with E-state index in [1.807, 2.05) is 49.9 Å². The summed E-state index contributed by atoms with van der Waals surface area (Å²) in [6.07, 6.45) is 1.52. The lowest BCUT2D eigenvalue weighted by molar-refractivity contribution is -0.129. The zero-order valence-corrected chi connectivity index (χ0v) is 18.3. The maximum atomic E-state index is 11.8. The normalized spacial score (nSPS) is 16.8. The topological polar surface area (TPSA) is 66.0 Å². The summed E-state index contributed by atoms with van der Waals surface area (Å²) in [6, 6.07) is 8.27. The lowest BCUT2D eigenvalue weighted by Gasteiger charge is -2.18. The van der Waals surface area contributed by atoms with Gasteiger partial charge in [0.15, 0.2) is 5.96 Å². The SMILES string of the molecule is CCNC(=NCCOc1cccc(C)c1)NC1CCN(C(=O)CC)C1.I. The molecule has 1 amide bonds. The van der Waals surface area contributed by atoms with Crippen molar-refractivity contribution in [2.24, 2.45) is 4.99 Å². The van der Waals surface area contributed by atoms with E-state index in [0.717, 1.165) is 37.8 Å². The molecular formula is C19H31IN4O2. The maximum absolute atomic E-state index is 11.8. The van der Waals surface area contributed by atoms with Crippen molar-refractivity contribution >= 4 is 35.8 Å². The Balaban J connectivity index is 0.00000338. The average Bonchev–Trinajstić information content (AvgIpc) is 3.07. The Bertz CT molecular complexity index is 595. The number of hydrogen-bond donors (Lipinski definition) is 2. The highest BCUT2D eigenvalue weighted by molar-refractivity contribution is 14.0. The smallest absolute Gasteiger partial charge is 0.222 e. The molecule has 1 aromatic rings. The van der Waals surface area contributed by atoms with Crippen molar-refractivity contribution < 1.29 is 9.53 Å². The van der Waals surface area contributed by atoms with Crippen molar-refractivity contribution in [2.45, 2.75) is 39.7 Å². The van der Waals surface area contributed by atoms with Crippen molar-refractivity contribution in [3.63, 3.8) is 0 Å². The van der Waals surface area contributed by atoms with Gasteiger partial charge in [-0.05, 0) is 38.0 Å². The van der Waals surface area contributed by atoms with Gasteiger partial charge >= 0.3 is 0 Å². The molecule has 6 nitrogen and oxygen atoms in total. The monoisotopic (exact) mass is 474 g/mol. The Morgan fingerprint density at radius 2 is 2.19 bits per heavy atom. The number of nitrogens with one attached hydrogen (secondary N) is 2. The van der Waals surface area contributed by atoms with Crippen molar-refractivity contribution in [1.82, 2.24) is 15.5 Å². The minimum absolute atomic E-state index is 0. The largest absolute Gasteiger partial charge is 0.492 e. The van der Waals surface area contributed by atoms with Gasteiger partial charge in [0.1, 0.15) is 12.4 Å². The van der Waals surface area contributed by atoms with E-state index in [9.17, 15) is 4.79 Å². The first-order chi connectivity index (χ1) is 12.1. The van der Waals surface area contributed by atoms with Crippen LogP contribution in [0.5, 0.6) is 5.75 Å². The van der Waals surface area contributed by atoms with Crippen LogP contribution in [0.3, 0.4) is 0 Å². The van der Waals surface area contributed by atoms with Crippen LogP contribution >= 0.6 is 24.0 Å². The summed E-state index contributed by atoms with van der Waals surface area (Å²) in [7, 11) is 0. The van der Waals surface area contributed by atoms with Crippen LogP contribution in [-0.2, 0) is 4.79 Å². The van der Waals surface area contributed by atoms with Crippen molar-refractivity contribution in [3.8, 4) is 5.75 Å². The number of benzene rings is 1. The molecule has 0 aromatic heterocycles. The highest BCUT2D eigenvalue weighted by Crippen LogP contribution is 2.12. The van der Waals surface area contributed by atoms with Gasteiger partial charge in [0, 0.05) is 32.1 Å². The van der Waals surface area contributed by atoms with Gasteiger partial charge in [-0.15, -0.1) is 24.0 Å². The number of likely N-dealkylation sites (tertiary alicyclic amines) is 1. The molecule has 1 aromatic carbocycles. The number of rotatable bonds is 7. The number of nitrogens with zero attached hydrogens (tertiary/aromatic N) is 2. The Hall–Kier alpha value is -1.51. The molecule has 0 aliphatic carbocycles. The molecule has 1 unspecified atom stereocenters. The average molecular weight is 474 g/mol. The lowest BCUT2D eigenvalue weighted by atomic mass is 10.2. The summed E-state index contributed by atoms with van der Waals surface area (Å²) in [4.78, 5) is 18.3. The summed E-state index contributed by atoms with van der Waals surface area (Å²) < 4.78 is 5.73. The van der Waals surface area contributed by atoms with Crippen LogP contribution in [0.25, 0.3) is 0 Å². The molecule has 0 spiro atoms. The van der Waals surface area contributed by atoms with Crippen LogP contribution < -0.4 is 15.4 Å². The highest BCUT2D eigenvalue weighted by atomic mass is 127. The number of halogens is 1. The first-order valence-electron chi connectivity index (χ1n) is 9.14. The van der Waals surface area contributed by atoms with Crippen LogP contribution in [-0.4, -0.2) is 55.6 Å². The fourth-order valence-electron chi connectivity index (χ4n) is 2.87. The van der Waals surface area contributed by atoms with E-state index < -0.39 is 0 Å². The first kappa shape index (κ1) is 22.5. The number of guanidine groups is 1. The number of aliphatic imine (C=N–C) groups is 1. The molecule has 1 saturated heterocycles. The van der Waals surface area contributed by atoms with Gasteiger partial charge < -0.3 is 20.3 Å². The number of carbonyl (C=O) groups excluding carboxylic acids is 1. The molecule has 0 bridgehead atoms. The molecule has 1 fully saturated rings. The quantitative estimate of drug-likeness (QED) is 0.276. The number of carbonyl (C=O) groups is 1. The Kier molecular flexibility index (Phi) is 10.4. The van der Waals surface area contributed by atoms with Gasteiger partial charge in [-0.25, -0.2) is 4.99 Å². The zero-order chi connectivity index (χ0) is 18.1. The standard InChI is InChI=1S/C19H30N4O2.HI/c1-4-18(24)23-11-9-16(14-23)22-19(20-5-2)21-10-12-25-17-8-6-7-15(3)13-17;/h6-8,13,16H,4-5,9-12,14H2,1-3H3,(H2,20,21,22);1H. The molecule has 1 heterocycles. The molecular weight excluding hydrogens is 443 g/mol. The van der Waals surface area contributed by atoms with Crippen LogP contribution in [0.1, 0.15) is 32.3 Å². The summed E-state index contributed by atoms with van der Waals surface area (Å²) in [5, 5.41) is 6.68. The van der Waals surface area contributed by atoms with E-state index in [0.29, 0.717) is 19.6 Å². The Morgan fingerprint density at radius 1 is 1.38 bits per heavy atom. The molecule has 2 rings (SSSR count). The third-order valence-electron chi connectivity index (χ3n) is 4.15. The van der Waals surface area contributed by atoms with Crippen LogP contribution in [0, 0.1) is 6.92 Å². The lowest BCUT2D eigenvalue weighted by Crippen LogP contribution is -2.45. The molecule has 1 aliphatic rings. The van der Waals surface area contributed by atoms with Gasteiger partial charge in [-0.3, -0.25) is 4.79 Å². The summed E-state index contributed by atoms with van der Waals surface area (Å²) in [6.45, 7) is 9.47. The third kappa shape index (κ3) is 7.39. The second kappa shape index (κ2) is 12.0. The van der Waals surface area contributed by atoms with Crippen LogP contribution in [0.4, 0.5) is 0 Å². The summed E-state index contributed by atoms with van der Waals surface area (Å²) in [5.74, 6) is 1.88. The van der Waals surface area contributed by atoms with Gasteiger partial charge in [0.2, 0.25) is 5.91 Å². The second-order valence-corrected chi connectivity index (χ2v) is 6.25. The molecule has 2 N–H and O–H groups in total. The number of ether oxygens (including phenoxy) is 1. The fraction of sp³-hybridized carbons (Fsp3) is 0.579. The van der Waals surface area contributed by atoms with Crippen molar-refractivity contribution in [3.05, 3.63) is 29.8 Å². The molecule has 7 heteroatoms. The van der Waals surface area contributed by atoms with Gasteiger partial charge in [0.25, 0.3) is 0 Å².